The lowest BCUT2D eigenvalue weighted by molar-refractivity contribution is 0.596. The number of anilines is 3. The summed E-state index contributed by atoms with van der Waals surface area (Å²) in [6.07, 6.45) is 1.04. The summed E-state index contributed by atoms with van der Waals surface area (Å²) in [4.78, 5) is 13.4. The minimum Gasteiger partial charge on any atom is -0.367 e. The second-order valence-electron chi connectivity index (χ2n) is 6.54. The number of rotatable bonds is 5. The smallest absolute Gasteiger partial charge is 0.146 e. The number of aromatic nitrogens is 2. The summed E-state index contributed by atoms with van der Waals surface area (Å²) in [7, 11) is 0. The van der Waals surface area contributed by atoms with Gasteiger partial charge in [-0.1, -0.05) is 19.1 Å². The zero-order valence-electron chi connectivity index (χ0n) is 15.2. The van der Waals surface area contributed by atoms with Crippen LogP contribution in [0, 0.1) is 12.7 Å². The van der Waals surface area contributed by atoms with Crippen molar-refractivity contribution in [1.29, 1.82) is 0 Å². The highest BCUT2D eigenvalue weighted by Crippen LogP contribution is 2.23. The number of benzene rings is 1. The second kappa shape index (κ2) is 7.68. The van der Waals surface area contributed by atoms with Gasteiger partial charge in [0.2, 0.25) is 0 Å². The van der Waals surface area contributed by atoms with E-state index in [4.69, 9.17) is 0 Å². The highest BCUT2D eigenvalue weighted by atomic mass is 19.1. The van der Waals surface area contributed by atoms with Gasteiger partial charge in [-0.25, -0.2) is 14.4 Å². The van der Waals surface area contributed by atoms with E-state index in [1.807, 2.05) is 25.1 Å². The third-order valence-electron chi connectivity index (χ3n) is 4.63. The van der Waals surface area contributed by atoms with E-state index in [-0.39, 0.29) is 5.82 Å². The zero-order valence-corrected chi connectivity index (χ0v) is 15.2. The van der Waals surface area contributed by atoms with E-state index in [1.165, 1.54) is 6.07 Å². The Morgan fingerprint density at radius 1 is 1.12 bits per heavy atom. The van der Waals surface area contributed by atoms with Crippen LogP contribution in [0.5, 0.6) is 0 Å². The third kappa shape index (κ3) is 4.18. The molecule has 0 spiro atoms. The van der Waals surface area contributed by atoms with Gasteiger partial charge in [-0.15, -0.1) is 0 Å². The molecular formula is C19H26FN5. The maximum absolute atomic E-state index is 14.0. The standard InChI is InChI=1S/C19H26FN5/c1-4-14(2)21-18-13-19(23-15(3)22-18)25-11-9-24(10-12-25)17-8-6-5-7-16(17)20/h5-8,13-14H,4,9-12H2,1-3H3,(H,21,22,23). The quantitative estimate of drug-likeness (QED) is 0.901. The monoisotopic (exact) mass is 343 g/mol. The zero-order chi connectivity index (χ0) is 17.8. The first-order valence-corrected chi connectivity index (χ1v) is 8.93. The molecule has 6 heteroatoms. The van der Waals surface area contributed by atoms with Crippen molar-refractivity contribution in [2.45, 2.75) is 33.2 Å². The Hall–Kier alpha value is -2.37. The van der Waals surface area contributed by atoms with Crippen molar-refractivity contribution >= 4 is 17.3 Å². The molecule has 1 atom stereocenters. The Morgan fingerprint density at radius 2 is 1.80 bits per heavy atom. The van der Waals surface area contributed by atoms with Gasteiger partial charge in [0, 0.05) is 38.3 Å². The summed E-state index contributed by atoms with van der Waals surface area (Å²) in [5.74, 6) is 2.41. The maximum Gasteiger partial charge on any atom is 0.146 e. The molecule has 1 aromatic carbocycles. The number of nitrogens with zero attached hydrogens (tertiary/aromatic N) is 4. The molecule has 1 N–H and O–H groups in total. The average Bonchev–Trinajstić information content (AvgIpc) is 2.62. The van der Waals surface area contributed by atoms with E-state index < -0.39 is 0 Å². The van der Waals surface area contributed by atoms with Gasteiger partial charge in [-0.2, -0.15) is 0 Å². The Kier molecular flexibility index (Phi) is 5.36. The molecule has 2 heterocycles. The van der Waals surface area contributed by atoms with E-state index in [1.54, 1.807) is 6.07 Å². The SMILES string of the molecule is CCC(C)Nc1cc(N2CCN(c3ccccc3F)CC2)nc(C)n1. The van der Waals surface area contributed by atoms with E-state index in [0.717, 1.165) is 50.1 Å². The predicted molar refractivity (Wildman–Crippen MR) is 101 cm³/mol. The van der Waals surface area contributed by atoms with Gasteiger partial charge in [-0.3, -0.25) is 0 Å². The average molecular weight is 343 g/mol. The van der Waals surface area contributed by atoms with E-state index in [0.29, 0.717) is 11.7 Å². The Balaban J connectivity index is 1.69. The van der Waals surface area contributed by atoms with Crippen molar-refractivity contribution in [2.24, 2.45) is 0 Å². The normalized spacial score (nSPS) is 16.0. The van der Waals surface area contributed by atoms with Gasteiger partial charge >= 0.3 is 0 Å². The summed E-state index contributed by atoms with van der Waals surface area (Å²) < 4.78 is 14.0. The lowest BCUT2D eigenvalue weighted by atomic mass is 10.2. The fraction of sp³-hybridized carbons (Fsp3) is 0.474. The van der Waals surface area contributed by atoms with Crippen molar-refractivity contribution in [3.63, 3.8) is 0 Å². The molecule has 0 amide bonds. The predicted octanol–water partition coefficient (Wildman–Crippen LogP) is 3.46. The lowest BCUT2D eigenvalue weighted by Crippen LogP contribution is -2.47. The molecule has 134 valence electrons. The highest BCUT2D eigenvalue weighted by molar-refractivity contribution is 5.53. The maximum atomic E-state index is 14.0. The summed E-state index contributed by atoms with van der Waals surface area (Å²) in [5.41, 5.74) is 0.681. The molecule has 1 aliphatic rings. The molecule has 0 aliphatic carbocycles. The fourth-order valence-electron chi connectivity index (χ4n) is 3.03. The number of hydrogen-bond acceptors (Lipinski definition) is 5. The highest BCUT2D eigenvalue weighted by Gasteiger charge is 2.21. The summed E-state index contributed by atoms with van der Waals surface area (Å²) >= 11 is 0. The van der Waals surface area contributed by atoms with Gasteiger partial charge in [0.05, 0.1) is 5.69 Å². The molecule has 3 rings (SSSR count). The lowest BCUT2D eigenvalue weighted by Gasteiger charge is -2.37. The van der Waals surface area contributed by atoms with Crippen molar-refractivity contribution in [3.05, 3.63) is 42.0 Å². The molecule has 1 unspecified atom stereocenters. The van der Waals surface area contributed by atoms with Gasteiger partial charge in [0.25, 0.3) is 0 Å². The topological polar surface area (TPSA) is 44.3 Å². The summed E-state index contributed by atoms with van der Waals surface area (Å²) in [6.45, 7) is 9.39. The van der Waals surface area contributed by atoms with Gasteiger partial charge in [-0.05, 0) is 32.4 Å². The van der Waals surface area contributed by atoms with E-state index in [2.05, 4.69) is 38.9 Å². The summed E-state index contributed by atoms with van der Waals surface area (Å²) in [5, 5.41) is 3.42. The molecule has 25 heavy (non-hydrogen) atoms. The van der Waals surface area contributed by atoms with Crippen LogP contribution in [0.3, 0.4) is 0 Å². The van der Waals surface area contributed by atoms with Crippen LogP contribution in [0.15, 0.2) is 30.3 Å². The van der Waals surface area contributed by atoms with Crippen molar-refractivity contribution < 1.29 is 4.39 Å². The van der Waals surface area contributed by atoms with Gasteiger partial charge in [0.1, 0.15) is 23.3 Å². The number of nitrogens with one attached hydrogen (secondary N) is 1. The van der Waals surface area contributed by atoms with Crippen LogP contribution < -0.4 is 15.1 Å². The molecular weight excluding hydrogens is 317 g/mol. The van der Waals surface area contributed by atoms with Crippen molar-refractivity contribution in [1.82, 2.24) is 9.97 Å². The Morgan fingerprint density at radius 3 is 2.48 bits per heavy atom. The van der Waals surface area contributed by atoms with E-state index >= 15 is 0 Å². The van der Waals surface area contributed by atoms with Crippen LogP contribution in [0.25, 0.3) is 0 Å². The molecule has 0 radical (unpaired) electrons. The van der Waals surface area contributed by atoms with Crippen molar-refractivity contribution in [3.8, 4) is 0 Å². The van der Waals surface area contributed by atoms with Crippen LogP contribution in [0.4, 0.5) is 21.7 Å². The first kappa shape index (κ1) is 17.5. The van der Waals surface area contributed by atoms with Crippen LogP contribution in [0.2, 0.25) is 0 Å². The van der Waals surface area contributed by atoms with Crippen LogP contribution in [-0.2, 0) is 0 Å². The number of piperazine rings is 1. The van der Waals surface area contributed by atoms with Crippen LogP contribution >= 0.6 is 0 Å². The molecule has 5 nitrogen and oxygen atoms in total. The fourth-order valence-corrected chi connectivity index (χ4v) is 3.03. The molecule has 0 bridgehead atoms. The van der Waals surface area contributed by atoms with Crippen molar-refractivity contribution in [2.75, 3.05) is 41.3 Å². The molecule has 1 saturated heterocycles. The molecule has 2 aromatic rings. The van der Waals surface area contributed by atoms with Gasteiger partial charge < -0.3 is 15.1 Å². The number of hydrogen-bond donors (Lipinski definition) is 1. The third-order valence-corrected chi connectivity index (χ3v) is 4.63. The molecule has 0 saturated carbocycles. The Labute approximate surface area is 148 Å². The van der Waals surface area contributed by atoms with E-state index in [9.17, 15) is 4.39 Å². The molecule has 1 fully saturated rings. The number of aryl methyl sites for hydroxylation is 1. The van der Waals surface area contributed by atoms with Crippen LogP contribution in [-0.4, -0.2) is 42.2 Å². The Bertz CT molecular complexity index is 713. The minimum atomic E-state index is -0.158. The first-order valence-electron chi connectivity index (χ1n) is 8.93. The minimum absolute atomic E-state index is 0.158. The first-order chi connectivity index (χ1) is 12.1. The molecule has 1 aromatic heterocycles. The second-order valence-corrected chi connectivity index (χ2v) is 6.54. The van der Waals surface area contributed by atoms with Crippen LogP contribution in [0.1, 0.15) is 26.1 Å². The summed E-state index contributed by atoms with van der Waals surface area (Å²) in [6, 6.07) is 9.35. The largest absolute Gasteiger partial charge is 0.367 e. The van der Waals surface area contributed by atoms with Gasteiger partial charge in [0.15, 0.2) is 0 Å². The number of para-hydroxylation sites is 1. The molecule has 1 aliphatic heterocycles. The number of halogens is 1.